The molecule has 192 valence electrons. The van der Waals surface area contributed by atoms with Gasteiger partial charge in [0, 0.05) is 5.56 Å². The van der Waals surface area contributed by atoms with Crippen LogP contribution < -0.4 is 4.74 Å². The normalized spacial score (nSPS) is 15.3. The Morgan fingerprint density at radius 1 is 0.912 bits per heavy atom. The van der Waals surface area contributed by atoms with Crippen LogP contribution in [0.5, 0.6) is 5.75 Å². The van der Waals surface area contributed by atoms with E-state index in [1.165, 1.54) is 95.2 Å². The average molecular weight is 493 g/mol. The molecule has 0 unspecified atom stereocenters. The molecule has 1 atom stereocenters. The summed E-state index contributed by atoms with van der Waals surface area (Å²) in [5.74, 6) is 0.471. The molecule has 1 heterocycles. The lowest BCUT2D eigenvalue weighted by atomic mass is 10.0. The molecule has 2 rings (SSSR count). The largest absolute Gasteiger partial charge is 0.493 e. The molecule has 0 radical (unpaired) electrons. The van der Waals surface area contributed by atoms with Gasteiger partial charge in [-0.1, -0.05) is 109 Å². The minimum absolute atomic E-state index is 0.0946. The number of cyclic esters (lactones) is 1. The van der Waals surface area contributed by atoms with Crippen molar-refractivity contribution in [3.8, 4) is 5.75 Å². The van der Waals surface area contributed by atoms with E-state index in [9.17, 15) is 9.59 Å². The van der Waals surface area contributed by atoms with Crippen molar-refractivity contribution in [2.75, 3.05) is 19.0 Å². The minimum Gasteiger partial charge on any atom is -0.493 e. The number of carbonyl (C=O) groups is 2. The molecule has 1 aromatic rings. The van der Waals surface area contributed by atoms with Gasteiger partial charge in [-0.3, -0.25) is 9.59 Å². The lowest BCUT2D eigenvalue weighted by Gasteiger charge is -2.12. The van der Waals surface area contributed by atoms with Crippen molar-refractivity contribution in [1.29, 1.82) is 0 Å². The third-order valence-electron chi connectivity index (χ3n) is 6.09. The summed E-state index contributed by atoms with van der Waals surface area (Å²) in [6.45, 7) is 3.03. The zero-order valence-corrected chi connectivity index (χ0v) is 21.9. The molecule has 5 nitrogen and oxygen atoms in total. The summed E-state index contributed by atoms with van der Waals surface area (Å²) in [5.41, 5.74) is 0.442. The molecule has 1 aliphatic rings. The first-order valence-electron chi connectivity index (χ1n) is 13.4. The van der Waals surface area contributed by atoms with E-state index in [1.807, 2.05) is 24.3 Å². The maximum atomic E-state index is 12.2. The van der Waals surface area contributed by atoms with Crippen molar-refractivity contribution >= 4 is 23.7 Å². The van der Waals surface area contributed by atoms with Gasteiger partial charge in [-0.25, -0.2) is 0 Å². The van der Waals surface area contributed by atoms with Crippen molar-refractivity contribution in [2.24, 2.45) is 0 Å². The predicted molar refractivity (Wildman–Crippen MR) is 139 cm³/mol. The second-order valence-electron chi connectivity index (χ2n) is 9.14. The van der Waals surface area contributed by atoms with Gasteiger partial charge in [0.05, 0.1) is 18.8 Å². The first-order chi connectivity index (χ1) is 16.7. The summed E-state index contributed by atoms with van der Waals surface area (Å²) in [5, 5.41) is 0. The Balaban J connectivity index is 1.46. The molecule has 1 aromatic carbocycles. The number of para-hydroxylation sites is 1. The second-order valence-corrected chi connectivity index (χ2v) is 10.3. The topological polar surface area (TPSA) is 61.8 Å². The van der Waals surface area contributed by atoms with Gasteiger partial charge in [-0.05, 0) is 12.5 Å². The van der Waals surface area contributed by atoms with Gasteiger partial charge < -0.3 is 14.2 Å². The van der Waals surface area contributed by atoms with Crippen molar-refractivity contribution in [1.82, 2.24) is 0 Å². The number of benzene rings is 1. The Hall–Kier alpha value is -1.69. The van der Waals surface area contributed by atoms with Gasteiger partial charge in [0.25, 0.3) is 0 Å². The molecule has 0 bridgehead atoms. The van der Waals surface area contributed by atoms with Crippen molar-refractivity contribution < 1.29 is 23.8 Å². The van der Waals surface area contributed by atoms with Gasteiger partial charge in [0.2, 0.25) is 0 Å². The lowest BCUT2D eigenvalue weighted by Crippen LogP contribution is -2.18. The van der Waals surface area contributed by atoms with E-state index < -0.39 is 0 Å². The van der Waals surface area contributed by atoms with Crippen molar-refractivity contribution in [3.05, 3.63) is 29.8 Å². The number of ether oxygens (including phenoxy) is 3. The molecule has 0 saturated carbocycles. The van der Waals surface area contributed by atoms with Gasteiger partial charge in [0.1, 0.15) is 12.4 Å². The predicted octanol–water partition coefficient (Wildman–Crippen LogP) is 7.25. The summed E-state index contributed by atoms with van der Waals surface area (Å²) < 4.78 is 16.3. The highest BCUT2D eigenvalue weighted by Gasteiger charge is 2.25. The molecule has 0 aromatic heterocycles. The molecule has 6 heteroatoms. The SMILES string of the molecule is CCCCCCCCCCCCCCCCOc1ccccc1CC(=O)OC[C@H]1OC(=O)CS1. The summed E-state index contributed by atoms with van der Waals surface area (Å²) in [6, 6.07) is 7.62. The Labute approximate surface area is 210 Å². The molecule has 1 aliphatic heterocycles. The fourth-order valence-corrected chi connectivity index (χ4v) is 4.82. The summed E-state index contributed by atoms with van der Waals surface area (Å²) in [6.07, 6.45) is 18.8. The van der Waals surface area contributed by atoms with Crippen LogP contribution in [0.3, 0.4) is 0 Å². The monoisotopic (exact) mass is 492 g/mol. The van der Waals surface area contributed by atoms with Crippen LogP contribution in [0.2, 0.25) is 0 Å². The Bertz CT molecular complexity index is 693. The number of carbonyl (C=O) groups excluding carboxylic acids is 2. The van der Waals surface area contributed by atoms with E-state index in [4.69, 9.17) is 14.2 Å². The maximum absolute atomic E-state index is 12.2. The molecular weight excluding hydrogens is 448 g/mol. The summed E-state index contributed by atoms with van der Waals surface area (Å²) in [7, 11) is 0. The molecule has 0 N–H and O–H groups in total. The third kappa shape index (κ3) is 13.3. The highest BCUT2D eigenvalue weighted by molar-refractivity contribution is 8.00. The van der Waals surface area contributed by atoms with Gasteiger partial charge in [0.15, 0.2) is 5.44 Å². The standard InChI is InChI=1S/C28H44O5S/c1-2-3-4-5-6-7-8-9-10-11-12-13-14-17-20-31-25-19-16-15-18-24(25)21-26(29)32-22-28-33-27(30)23-34-28/h15-16,18-19,28H,2-14,17,20-23H2,1H3/t28-/m0/s1. The first-order valence-corrected chi connectivity index (χ1v) is 14.4. The van der Waals surface area contributed by atoms with Crippen LogP contribution in [-0.2, 0) is 25.5 Å². The van der Waals surface area contributed by atoms with Crippen LogP contribution in [0, 0.1) is 0 Å². The smallest absolute Gasteiger partial charge is 0.317 e. The van der Waals surface area contributed by atoms with E-state index >= 15 is 0 Å². The number of unbranched alkanes of at least 4 members (excludes halogenated alkanes) is 13. The van der Waals surface area contributed by atoms with Crippen LogP contribution in [0.4, 0.5) is 0 Å². The minimum atomic E-state index is -0.386. The number of hydrogen-bond acceptors (Lipinski definition) is 6. The maximum Gasteiger partial charge on any atom is 0.317 e. The number of thioether (sulfide) groups is 1. The molecule has 34 heavy (non-hydrogen) atoms. The van der Waals surface area contributed by atoms with Gasteiger partial charge in [-0.15, -0.1) is 11.8 Å². The van der Waals surface area contributed by atoms with E-state index in [0.29, 0.717) is 12.4 Å². The van der Waals surface area contributed by atoms with E-state index in [1.54, 1.807) is 0 Å². The quantitative estimate of drug-likeness (QED) is 0.141. The van der Waals surface area contributed by atoms with E-state index in [-0.39, 0.29) is 30.4 Å². The number of esters is 2. The first kappa shape index (κ1) is 28.5. The fraction of sp³-hybridized carbons (Fsp3) is 0.714. The van der Waals surface area contributed by atoms with Crippen molar-refractivity contribution in [3.63, 3.8) is 0 Å². The Morgan fingerprint density at radius 3 is 2.09 bits per heavy atom. The highest BCUT2D eigenvalue weighted by atomic mass is 32.2. The van der Waals surface area contributed by atoms with Crippen LogP contribution in [-0.4, -0.2) is 36.3 Å². The van der Waals surface area contributed by atoms with Crippen LogP contribution >= 0.6 is 11.8 Å². The van der Waals surface area contributed by atoms with E-state index in [2.05, 4.69) is 6.92 Å². The molecule has 1 saturated heterocycles. The fourth-order valence-electron chi connectivity index (χ4n) is 4.09. The van der Waals surface area contributed by atoms with E-state index in [0.717, 1.165) is 17.7 Å². The Morgan fingerprint density at radius 2 is 1.50 bits per heavy atom. The third-order valence-corrected chi connectivity index (χ3v) is 7.10. The zero-order valence-electron chi connectivity index (χ0n) is 21.1. The zero-order chi connectivity index (χ0) is 24.3. The molecule has 0 aliphatic carbocycles. The summed E-state index contributed by atoms with van der Waals surface area (Å²) in [4.78, 5) is 23.3. The van der Waals surface area contributed by atoms with Crippen molar-refractivity contribution in [2.45, 2.75) is 109 Å². The molecule has 0 amide bonds. The van der Waals surface area contributed by atoms with Crippen LogP contribution in [0.15, 0.2) is 24.3 Å². The lowest BCUT2D eigenvalue weighted by molar-refractivity contribution is -0.150. The summed E-state index contributed by atoms with van der Waals surface area (Å²) >= 11 is 1.36. The highest BCUT2D eigenvalue weighted by Crippen LogP contribution is 2.22. The van der Waals surface area contributed by atoms with Gasteiger partial charge in [-0.2, -0.15) is 0 Å². The molecular formula is C28H44O5S. The number of rotatable bonds is 20. The van der Waals surface area contributed by atoms with Crippen LogP contribution in [0.25, 0.3) is 0 Å². The Kier molecular flexibility index (Phi) is 15.6. The molecule has 0 spiro atoms. The van der Waals surface area contributed by atoms with Gasteiger partial charge >= 0.3 is 11.9 Å². The molecule has 1 fully saturated rings. The van der Waals surface area contributed by atoms with Crippen LogP contribution in [0.1, 0.15) is 102 Å². The number of hydrogen-bond donors (Lipinski definition) is 0. The second kappa shape index (κ2) is 18.6. The average Bonchev–Trinajstić information content (AvgIpc) is 3.26.